The van der Waals surface area contributed by atoms with Crippen molar-refractivity contribution < 1.29 is 0 Å². The summed E-state index contributed by atoms with van der Waals surface area (Å²) in [4.78, 5) is 1.56. The predicted octanol–water partition coefficient (Wildman–Crippen LogP) is 4.19. The van der Waals surface area contributed by atoms with Gasteiger partial charge in [0.1, 0.15) is 0 Å². The molecule has 0 fully saturated rings. The van der Waals surface area contributed by atoms with Gasteiger partial charge in [-0.3, -0.25) is 4.68 Å². The molecule has 1 aliphatic carbocycles. The molecule has 0 amide bonds. The highest BCUT2D eigenvalue weighted by Crippen LogP contribution is 2.38. The minimum absolute atomic E-state index is 0.449. The summed E-state index contributed by atoms with van der Waals surface area (Å²) in [5, 5.41) is 8.22. The Balaban J connectivity index is 1.92. The van der Waals surface area contributed by atoms with E-state index < -0.39 is 0 Å². The van der Waals surface area contributed by atoms with Crippen molar-refractivity contribution in [2.75, 3.05) is 5.32 Å². The first-order valence-electron chi connectivity index (χ1n) is 6.61. The molecule has 3 rings (SSSR count). The molecule has 1 N–H and O–H groups in total. The summed E-state index contributed by atoms with van der Waals surface area (Å²) in [6.45, 7) is 4.21. The zero-order valence-corrected chi connectivity index (χ0v) is 14.4. The second-order valence-electron chi connectivity index (χ2n) is 5.19. The van der Waals surface area contributed by atoms with Crippen molar-refractivity contribution in [2.45, 2.75) is 39.2 Å². The van der Waals surface area contributed by atoms with Gasteiger partial charge in [0.25, 0.3) is 0 Å². The van der Waals surface area contributed by atoms with Gasteiger partial charge in [0.15, 0.2) is 0 Å². The van der Waals surface area contributed by atoms with Gasteiger partial charge in [0.05, 0.1) is 26.0 Å². The van der Waals surface area contributed by atoms with E-state index in [0.29, 0.717) is 6.04 Å². The molecule has 0 saturated carbocycles. The molecule has 2 aromatic heterocycles. The zero-order valence-electron chi connectivity index (χ0n) is 11.5. The molecular formula is C14H18IN3S. The van der Waals surface area contributed by atoms with Crippen LogP contribution < -0.4 is 5.32 Å². The normalized spacial score (nSPS) is 18.4. The van der Waals surface area contributed by atoms with Gasteiger partial charge in [0.2, 0.25) is 0 Å². The lowest BCUT2D eigenvalue weighted by Crippen LogP contribution is -2.16. The first-order valence-corrected chi connectivity index (χ1v) is 8.50. The van der Waals surface area contributed by atoms with Gasteiger partial charge in [-0.2, -0.15) is 5.10 Å². The zero-order chi connectivity index (χ0) is 13.6. The van der Waals surface area contributed by atoms with Crippen LogP contribution in [0.25, 0.3) is 0 Å². The van der Waals surface area contributed by atoms with Crippen LogP contribution in [0.15, 0.2) is 6.07 Å². The second kappa shape index (κ2) is 5.09. The Morgan fingerprint density at radius 1 is 1.47 bits per heavy atom. The minimum atomic E-state index is 0.449. The Bertz CT molecular complexity index is 614. The van der Waals surface area contributed by atoms with Crippen molar-refractivity contribution in [1.82, 2.24) is 9.78 Å². The highest BCUT2D eigenvalue weighted by atomic mass is 127. The second-order valence-corrected chi connectivity index (χ2v) is 8.22. The van der Waals surface area contributed by atoms with Crippen LogP contribution in [-0.4, -0.2) is 9.78 Å². The molecule has 1 unspecified atom stereocenters. The lowest BCUT2D eigenvalue weighted by atomic mass is 9.94. The van der Waals surface area contributed by atoms with E-state index in [1.807, 2.05) is 23.1 Å². The standard InChI is InChI=1S/C14H18IN3S/c1-8-14(9(2)18(3)17-8)16-11-5-4-6-12-10(11)7-13(15)19-12/h7,11,16H,4-6H2,1-3H3. The number of halogens is 1. The Labute approximate surface area is 131 Å². The van der Waals surface area contributed by atoms with Crippen molar-refractivity contribution >= 4 is 39.6 Å². The van der Waals surface area contributed by atoms with Gasteiger partial charge < -0.3 is 5.32 Å². The van der Waals surface area contributed by atoms with E-state index in [9.17, 15) is 0 Å². The number of rotatable bonds is 2. The van der Waals surface area contributed by atoms with Gasteiger partial charge in [-0.1, -0.05) is 0 Å². The SMILES string of the molecule is Cc1nn(C)c(C)c1NC1CCCc2sc(I)cc21. The molecule has 0 aliphatic heterocycles. The molecule has 1 atom stereocenters. The smallest absolute Gasteiger partial charge is 0.0828 e. The number of hydrogen-bond donors (Lipinski definition) is 1. The van der Waals surface area contributed by atoms with Gasteiger partial charge in [-0.15, -0.1) is 11.3 Å². The average molecular weight is 387 g/mol. The number of aryl methyl sites for hydroxylation is 3. The van der Waals surface area contributed by atoms with E-state index in [4.69, 9.17) is 0 Å². The van der Waals surface area contributed by atoms with Gasteiger partial charge in [-0.05, 0) is 67.3 Å². The maximum absolute atomic E-state index is 4.49. The summed E-state index contributed by atoms with van der Waals surface area (Å²) in [6.07, 6.45) is 3.74. The van der Waals surface area contributed by atoms with Crippen molar-refractivity contribution in [3.8, 4) is 0 Å². The number of anilines is 1. The Morgan fingerprint density at radius 3 is 2.95 bits per heavy atom. The van der Waals surface area contributed by atoms with Crippen LogP contribution in [0.3, 0.4) is 0 Å². The molecule has 2 aromatic rings. The van der Waals surface area contributed by atoms with E-state index in [-0.39, 0.29) is 0 Å². The predicted molar refractivity (Wildman–Crippen MR) is 89.0 cm³/mol. The molecule has 5 heteroatoms. The molecule has 2 heterocycles. The number of fused-ring (bicyclic) bond motifs is 1. The van der Waals surface area contributed by atoms with E-state index in [1.165, 1.54) is 39.1 Å². The largest absolute Gasteiger partial charge is 0.375 e. The lowest BCUT2D eigenvalue weighted by molar-refractivity contribution is 0.608. The molecule has 0 bridgehead atoms. The van der Waals surface area contributed by atoms with Crippen LogP contribution in [0.4, 0.5) is 5.69 Å². The van der Waals surface area contributed by atoms with Crippen LogP contribution in [0, 0.1) is 16.7 Å². The van der Waals surface area contributed by atoms with Gasteiger partial charge in [-0.25, -0.2) is 0 Å². The lowest BCUT2D eigenvalue weighted by Gasteiger charge is -2.24. The highest BCUT2D eigenvalue weighted by Gasteiger charge is 2.24. The summed E-state index contributed by atoms with van der Waals surface area (Å²) in [7, 11) is 2.01. The minimum Gasteiger partial charge on any atom is -0.375 e. The molecule has 102 valence electrons. The van der Waals surface area contributed by atoms with Crippen molar-refractivity contribution in [2.24, 2.45) is 7.05 Å². The van der Waals surface area contributed by atoms with Crippen LogP contribution in [0.5, 0.6) is 0 Å². The van der Waals surface area contributed by atoms with Crippen molar-refractivity contribution in [1.29, 1.82) is 0 Å². The third-order valence-corrected chi connectivity index (χ3v) is 5.88. The topological polar surface area (TPSA) is 29.9 Å². The summed E-state index contributed by atoms with van der Waals surface area (Å²) in [5.41, 5.74) is 5.02. The van der Waals surface area contributed by atoms with Crippen LogP contribution in [-0.2, 0) is 13.5 Å². The van der Waals surface area contributed by atoms with Crippen LogP contribution in [0.2, 0.25) is 0 Å². The van der Waals surface area contributed by atoms with Crippen molar-refractivity contribution in [3.05, 3.63) is 30.8 Å². The third-order valence-electron chi connectivity index (χ3n) is 3.91. The van der Waals surface area contributed by atoms with E-state index >= 15 is 0 Å². The molecule has 1 aliphatic rings. The Kier molecular flexibility index (Phi) is 3.59. The maximum atomic E-state index is 4.49. The number of nitrogens with one attached hydrogen (secondary N) is 1. The van der Waals surface area contributed by atoms with Gasteiger partial charge in [0, 0.05) is 11.9 Å². The first kappa shape index (κ1) is 13.4. The van der Waals surface area contributed by atoms with E-state index in [0.717, 1.165) is 5.69 Å². The fourth-order valence-electron chi connectivity index (χ4n) is 2.83. The summed E-state index contributed by atoms with van der Waals surface area (Å²) in [5.74, 6) is 0. The quantitative estimate of drug-likeness (QED) is 0.784. The summed E-state index contributed by atoms with van der Waals surface area (Å²) < 4.78 is 3.36. The molecule has 3 nitrogen and oxygen atoms in total. The number of hydrogen-bond acceptors (Lipinski definition) is 3. The molecule has 0 radical (unpaired) electrons. The monoisotopic (exact) mass is 387 g/mol. The first-order chi connectivity index (χ1) is 9.06. The number of nitrogens with zero attached hydrogens (tertiary/aromatic N) is 2. The summed E-state index contributed by atoms with van der Waals surface area (Å²) >= 11 is 4.38. The highest BCUT2D eigenvalue weighted by molar-refractivity contribution is 14.1. The van der Waals surface area contributed by atoms with Crippen LogP contribution >= 0.6 is 33.9 Å². The third kappa shape index (κ3) is 2.42. The molecule has 0 saturated heterocycles. The molecule has 0 aromatic carbocycles. The number of thiophene rings is 1. The summed E-state index contributed by atoms with van der Waals surface area (Å²) in [6, 6.07) is 2.79. The average Bonchev–Trinajstić information content (AvgIpc) is 2.84. The molecule has 19 heavy (non-hydrogen) atoms. The van der Waals surface area contributed by atoms with E-state index in [1.54, 1.807) is 4.88 Å². The number of aromatic nitrogens is 2. The fourth-order valence-corrected chi connectivity index (χ4v) is 4.95. The van der Waals surface area contributed by atoms with E-state index in [2.05, 4.69) is 52.9 Å². The Morgan fingerprint density at radius 2 is 2.26 bits per heavy atom. The maximum Gasteiger partial charge on any atom is 0.0828 e. The Hall–Kier alpha value is -0.560. The van der Waals surface area contributed by atoms with Crippen molar-refractivity contribution in [3.63, 3.8) is 0 Å². The fraction of sp³-hybridized carbons (Fsp3) is 0.500. The molecule has 0 spiro atoms. The van der Waals surface area contributed by atoms with Gasteiger partial charge >= 0.3 is 0 Å². The molecular weight excluding hydrogens is 369 g/mol. The van der Waals surface area contributed by atoms with Crippen LogP contribution in [0.1, 0.15) is 40.7 Å².